The molecule has 1 unspecified atom stereocenters. The van der Waals surface area contributed by atoms with Crippen LogP contribution in [0.5, 0.6) is 0 Å². The van der Waals surface area contributed by atoms with E-state index >= 15 is 0 Å². The molecule has 1 aliphatic rings. The summed E-state index contributed by atoms with van der Waals surface area (Å²) in [6.45, 7) is 0. The molecule has 14 heavy (non-hydrogen) atoms. The van der Waals surface area contributed by atoms with Gasteiger partial charge in [-0.3, -0.25) is 4.79 Å². The maximum atomic E-state index is 11.1. The van der Waals surface area contributed by atoms with Crippen molar-refractivity contribution in [3.63, 3.8) is 0 Å². The molecule has 1 atom stereocenters. The van der Waals surface area contributed by atoms with Crippen molar-refractivity contribution in [1.82, 2.24) is 0 Å². The molecule has 3 nitrogen and oxygen atoms in total. The van der Waals surface area contributed by atoms with E-state index in [4.69, 9.17) is 5.73 Å². The smallest absolute Gasteiger partial charge is 0.239 e. The first-order valence-electron chi connectivity index (χ1n) is 4.91. The minimum absolute atomic E-state index is 0.210. The number of carbonyl (C=O) groups excluding carboxylic acids is 1. The summed E-state index contributed by atoms with van der Waals surface area (Å²) in [5.41, 5.74) is 7.62. The highest BCUT2D eigenvalue weighted by Gasteiger charge is 2.19. The molecule has 0 radical (unpaired) electrons. The molecule has 0 saturated heterocycles. The SMILES string of the molecule is NC(=O)C1CCCc2ccccc2N1. The van der Waals surface area contributed by atoms with Crippen molar-refractivity contribution in [2.24, 2.45) is 5.73 Å². The van der Waals surface area contributed by atoms with Gasteiger partial charge in [-0.2, -0.15) is 0 Å². The maximum absolute atomic E-state index is 11.1. The second-order valence-electron chi connectivity index (χ2n) is 3.65. The largest absolute Gasteiger partial charge is 0.373 e. The molecule has 1 aliphatic heterocycles. The van der Waals surface area contributed by atoms with E-state index in [1.165, 1.54) is 5.56 Å². The molecular weight excluding hydrogens is 176 g/mol. The van der Waals surface area contributed by atoms with Gasteiger partial charge in [0, 0.05) is 5.69 Å². The number of benzene rings is 1. The topological polar surface area (TPSA) is 55.1 Å². The highest BCUT2D eigenvalue weighted by Crippen LogP contribution is 2.23. The van der Waals surface area contributed by atoms with E-state index in [9.17, 15) is 4.79 Å². The van der Waals surface area contributed by atoms with Gasteiger partial charge in [-0.15, -0.1) is 0 Å². The Labute approximate surface area is 83.3 Å². The lowest BCUT2D eigenvalue weighted by molar-refractivity contribution is -0.118. The van der Waals surface area contributed by atoms with Crippen molar-refractivity contribution in [2.45, 2.75) is 25.3 Å². The molecule has 0 bridgehead atoms. The lowest BCUT2D eigenvalue weighted by atomic mass is 10.1. The van der Waals surface area contributed by atoms with Gasteiger partial charge in [0.1, 0.15) is 6.04 Å². The molecule has 0 spiro atoms. The number of hydrogen-bond donors (Lipinski definition) is 2. The van der Waals surface area contributed by atoms with Crippen LogP contribution in [0.2, 0.25) is 0 Å². The van der Waals surface area contributed by atoms with Crippen LogP contribution in [0.4, 0.5) is 5.69 Å². The minimum Gasteiger partial charge on any atom is -0.373 e. The Bertz CT molecular complexity index is 349. The van der Waals surface area contributed by atoms with Gasteiger partial charge >= 0.3 is 0 Å². The number of aryl methyl sites for hydroxylation is 1. The molecule has 3 heteroatoms. The van der Waals surface area contributed by atoms with Crippen LogP contribution >= 0.6 is 0 Å². The van der Waals surface area contributed by atoms with E-state index in [0.717, 1.165) is 24.9 Å². The fraction of sp³-hybridized carbons (Fsp3) is 0.364. The summed E-state index contributed by atoms with van der Waals surface area (Å²) in [6, 6.07) is 7.86. The van der Waals surface area contributed by atoms with Crippen LogP contribution < -0.4 is 11.1 Å². The van der Waals surface area contributed by atoms with Crippen molar-refractivity contribution in [3.05, 3.63) is 29.8 Å². The van der Waals surface area contributed by atoms with Crippen LogP contribution in [0.3, 0.4) is 0 Å². The van der Waals surface area contributed by atoms with Gasteiger partial charge in [0.05, 0.1) is 0 Å². The van der Waals surface area contributed by atoms with Crippen molar-refractivity contribution < 1.29 is 4.79 Å². The zero-order valence-electron chi connectivity index (χ0n) is 7.99. The van der Waals surface area contributed by atoms with Gasteiger partial charge < -0.3 is 11.1 Å². The average molecular weight is 190 g/mol. The Hall–Kier alpha value is -1.51. The second kappa shape index (κ2) is 3.70. The second-order valence-corrected chi connectivity index (χ2v) is 3.65. The van der Waals surface area contributed by atoms with E-state index in [0.29, 0.717) is 0 Å². The van der Waals surface area contributed by atoms with Crippen LogP contribution in [-0.2, 0) is 11.2 Å². The third-order valence-corrected chi connectivity index (χ3v) is 2.63. The molecular formula is C11H14N2O. The fourth-order valence-electron chi connectivity index (χ4n) is 1.85. The third-order valence-electron chi connectivity index (χ3n) is 2.63. The summed E-state index contributed by atoms with van der Waals surface area (Å²) in [4.78, 5) is 11.1. The number of rotatable bonds is 1. The summed E-state index contributed by atoms with van der Waals surface area (Å²) in [6.07, 6.45) is 2.86. The molecule has 0 aliphatic carbocycles. The maximum Gasteiger partial charge on any atom is 0.239 e. The van der Waals surface area contributed by atoms with Gasteiger partial charge in [0.25, 0.3) is 0 Å². The summed E-state index contributed by atoms with van der Waals surface area (Å²) < 4.78 is 0. The number of amides is 1. The van der Waals surface area contributed by atoms with E-state index in [1.54, 1.807) is 0 Å². The number of hydrogen-bond acceptors (Lipinski definition) is 2. The highest BCUT2D eigenvalue weighted by molar-refractivity contribution is 5.83. The van der Waals surface area contributed by atoms with Gasteiger partial charge in [0.2, 0.25) is 5.91 Å². The number of nitrogens with two attached hydrogens (primary N) is 1. The molecule has 3 N–H and O–H groups in total. The predicted octanol–water partition coefficient (Wildman–Crippen LogP) is 1.29. The van der Waals surface area contributed by atoms with Crippen LogP contribution in [0, 0.1) is 0 Å². The summed E-state index contributed by atoms with van der Waals surface area (Å²) in [7, 11) is 0. The first-order chi connectivity index (χ1) is 6.77. The Kier molecular flexibility index (Phi) is 2.39. The number of anilines is 1. The molecule has 74 valence electrons. The normalized spacial score (nSPS) is 20.4. The Morgan fingerprint density at radius 2 is 2.21 bits per heavy atom. The average Bonchev–Trinajstić information content (AvgIpc) is 2.39. The van der Waals surface area contributed by atoms with E-state index in [1.807, 2.05) is 18.2 Å². The number of fused-ring (bicyclic) bond motifs is 1. The van der Waals surface area contributed by atoms with Crippen molar-refractivity contribution in [1.29, 1.82) is 0 Å². The molecule has 1 aromatic carbocycles. The predicted molar refractivity (Wildman–Crippen MR) is 56.0 cm³/mol. The van der Waals surface area contributed by atoms with Crippen molar-refractivity contribution >= 4 is 11.6 Å². The van der Waals surface area contributed by atoms with E-state index in [-0.39, 0.29) is 11.9 Å². The Morgan fingerprint density at radius 1 is 1.43 bits per heavy atom. The number of nitrogens with one attached hydrogen (secondary N) is 1. The van der Waals surface area contributed by atoms with Crippen LogP contribution in [0.15, 0.2) is 24.3 Å². The number of primary amides is 1. The monoisotopic (exact) mass is 190 g/mol. The van der Waals surface area contributed by atoms with E-state index < -0.39 is 0 Å². The number of carbonyl (C=O) groups is 1. The van der Waals surface area contributed by atoms with E-state index in [2.05, 4.69) is 11.4 Å². The number of para-hydroxylation sites is 1. The molecule has 2 rings (SSSR count). The Balaban J connectivity index is 2.26. The quantitative estimate of drug-likeness (QED) is 0.701. The minimum atomic E-state index is -0.262. The van der Waals surface area contributed by atoms with Crippen LogP contribution in [0.25, 0.3) is 0 Å². The third kappa shape index (κ3) is 1.71. The Morgan fingerprint density at radius 3 is 3.00 bits per heavy atom. The van der Waals surface area contributed by atoms with Gasteiger partial charge in [-0.25, -0.2) is 0 Å². The van der Waals surface area contributed by atoms with Crippen LogP contribution in [-0.4, -0.2) is 11.9 Å². The van der Waals surface area contributed by atoms with Crippen molar-refractivity contribution in [2.75, 3.05) is 5.32 Å². The molecule has 0 saturated carbocycles. The van der Waals surface area contributed by atoms with Gasteiger partial charge in [-0.05, 0) is 30.9 Å². The molecule has 1 heterocycles. The van der Waals surface area contributed by atoms with Gasteiger partial charge in [0.15, 0.2) is 0 Å². The molecule has 1 aromatic rings. The standard InChI is InChI=1S/C11H14N2O/c12-11(14)10-7-3-5-8-4-1-2-6-9(8)13-10/h1-2,4,6,10,13H,3,5,7H2,(H2,12,14). The van der Waals surface area contributed by atoms with Crippen LogP contribution in [0.1, 0.15) is 18.4 Å². The molecule has 0 aromatic heterocycles. The zero-order valence-corrected chi connectivity index (χ0v) is 7.99. The van der Waals surface area contributed by atoms with Gasteiger partial charge in [-0.1, -0.05) is 18.2 Å². The lowest BCUT2D eigenvalue weighted by Gasteiger charge is -2.13. The molecule has 1 amide bonds. The fourth-order valence-corrected chi connectivity index (χ4v) is 1.85. The molecule has 0 fully saturated rings. The zero-order chi connectivity index (χ0) is 9.97. The van der Waals surface area contributed by atoms with Crippen molar-refractivity contribution in [3.8, 4) is 0 Å². The summed E-state index contributed by atoms with van der Waals surface area (Å²) in [5, 5.41) is 3.18. The first-order valence-corrected chi connectivity index (χ1v) is 4.91. The lowest BCUT2D eigenvalue weighted by Crippen LogP contribution is -2.34. The highest BCUT2D eigenvalue weighted by atomic mass is 16.1. The summed E-state index contributed by atoms with van der Waals surface area (Å²) >= 11 is 0. The first kappa shape index (κ1) is 9.06. The summed E-state index contributed by atoms with van der Waals surface area (Å²) in [5.74, 6) is -0.262.